The van der Waals surface area contributed by atoms with E-state index in [0.717, 1.165) is 55.0 Å². The Morgan fingerprint density at radius 2 is 1.82 bits per heavy atom. The third-order valence-corrected chi connectivity index (χ3v) is 6.84. The number of anilines is 4. The van der Waals surface area contributed by atoms with Crippen LogP contribution in [0.15, 0.2) is 54.7 Å². The molecule has 8 nitrogen and oxygen atoms in total. The van der Waals surface area contributed by atoms with Crippen molar-refractivity contribution < 1.29 is 13.9 Å². The predicted octanol–water partition coefficient (Wildman–Crippen LogP) is 5.52. The summed E-state index contributed by atoms with van der Waals surface area (Å²) in [7, 11) is 9.51. The molecule has 0 spiro atoms. The van der Waals surface area contributed by atoms with Gasteiger partial charge in [-0.15, -0.1) is 0 Å². The molecule has 2 heterocycles. The SMILES string of the molecule is CN.CN1CCC(C=O)CC1.CNc1cc(Oc2ccc(N(C)c3ccc(C(F)P)c(C)c3)c(N)c2)ccn1. The number of halogens is 1. The lowest BCUT2D eigenvalue weighted by Crippen LogP contribution is -2.30. The van der Waals surface area contributed by atoms with Crippen LogP contribution in [0.5, 0.6) is 11.5 Å². The van der Waals surface area contributed by atoms with Gasteiger partial charge < -0.3 is 36.1 Å². The van der Waals surface area contributed by atoms with Crippen molar-refractivity contribution in [2.75, 3.05) is 57.2 Å². The molecule has 1 fully saturated rings. The van der Waals surface area contributed by atoms with Gasteiger partial charge in [0.15, 0.2) is 0 Å². The number of nitrogens with one attached hydrogen (secondary N) is 1. The van der Waals surface area contributed by atoms with E-state index in [-0.39, 0.29) is 0 Å². The number of carbonyl (C=O) groups is 1. The van der Waals surface area contributed by atoms with E-state index in [4.69, 9.17) is 10.5 Å². The lowest BCUT2D eigenvalue weighted by atomic mass is 9.99. The summed E-state index contributed by atoms with van der Waals surface area (Å²) in [4.78, 5) is 18.6. The molecule has 1 aliphatic heterocycles. The second kappa shape index (κ2) is 16.0. The number of rotatable bonds is 7. The highest BCUT2D eigenvalue weighted by atomic mass is 31.0. The van der Waals surface area contributed by atoms with Gasteiger partial charge in [-0.3, -0.25) is 0 Å². The number of nitrogen functional groups attached to an aromatic ring is 1. The fourth-order valence-electron chi connectivity index (χ4n) is 4.13. The summed E-state index contributed by atoms with van der Waals surface area (Å²) in [6.07, 6.45) is 4.88. The fourth-order valence-corrected chi connectivity index (χ4v) is 4.50. The van der Waals surface area contributed by atoms with Crippen molar-refractivity contribution in [1.29, 1.82) is 0 Å². The molecule has 39 heavy (non-hydrogen) atoms. The zero-order valence-electron chi connectivity index (χ0n) is 23.5. The molecule has 2 unspecified atom stereocenters. The topological polar surface area (TPSA) is 110 Å². The summed E-state index contributed by atoms with van der Waals surface area (Å²) in [6, 6.07) is 14.8. The summed E-state index contributed by atoms with van der Waals surface area (Å²) < 4.78 is 19.5. The third kappa shape index (κ3) is 9.46. The highest BCUT2D eigenvalue weighted by Gasteiger charge is 2.15. The second-order valence-electron chi connectivity index (χ2n) is 9.23. The van der Waals surface area contributed by atoms with Gasteiger partial charge in [-0.25, -0.2) is 9.37 Å². The van der Waals surface area contributed by atoms with Crippen molar-refractivity contribution in [2.24, 2.45) is 11.7 Å². The number of aromatic nitrogens is 1. The van der Waals surface area contributed by atoms with Crippen LogP contribution in [0.25, 0.3) is 0 Å². The zero-order chi connectivity index (χ0) is 28.9. The first-order valence-electron chi connectivity index (χ1n) is 12.9. The average Bonchev–Trinajstić information content (AvgIpc) is 2.94. The first kappa shape index (κ1) is 32.0. The Hall–Kier alpha value is -3.26. The Morgan fingerprint density at radius 3 is 2.38 bits per heavy atom. The van der Waals surface area contributed by atoms with Gasteiger partial charge in [0.1, 0.15) is 29.5 Å². The van der Waals surface area contributed by atoms with Gasteiger partial charge in [-0.2, -0.15) is 0 Å². The quantitative estimate of drug-likeness (QED) is 0.198. The first-order valence-corrected chi connectivity index (χ1v) is 13.5. The van der Waals surface area contributed by atoms with Gasteiger partial charge >= 0.3 is 0 Å². The first-order chi connectivity index (χ1) is 18.7. The van der Waals surface area contributed by atoms with E-state index in [9.17, 15) is 9.18 Å². The van der Waals surface area contributed by atoms with Crippen LogP contribution >= 0.6 is 9.24 Å². The molecule has 0 amide bonds. The van der Waals surface area contributed by atoms with E-state index in [1.54, 1.807) is 31.4 Å². The molecule has 2 atom stereocenters. The van der Waals surface area contributed by atoms with Crippen LogP contribution in [0, 0.1) is 12.8 Å². The average molecular weight is 557 g/mol. The number of likely N-dealkylation sites (tertiary alicyclic amines) is 1. The van der Waals surface area contributed by atoms with E-state index in [0.29, 0.717) is 28.7 Å². The van der Waals surface area contributed by atoms with Crippen LogP contribution in [0.2, 0.25) is 0 Å². The molecule has 1 aliphatic rings. The lowest BCUT2D eigenvalue weighted by molar-refractivity contribution is -0.112. The van der Waals surface area contributed by atoms with Crippen LogP contribution in [0.3, 0.4) is 0 Å². The molecule has 0 saturated carbocycles. The summed E-state index contributed by atoms with van der Waals surface area (Å²) in [5, 5.41) is 2.97. The Morgan fingerprint density at radius 1 is 1.15 bits per heavy atom. The van der Waals surface area contributed by atoms with Crippen LogP contribution < -0.4 is 26.4 Å². The Kier molecular flexibility index (Phi) is 13.1. The van der Waals surface area contributed by atoms with Crippen LogP contribution in [-0.2, 0) is 4.79 Å². The van der Waals surface area contributed by atoms with Gasteiger partial charge in [0, 0.05) is 44.0 Å². The minimum absolute atomic E-state index is 0.348. The number of aldehydes is 1. The number of carbonyl (C=O) groups excluding carboxylic acids is 1. The monoisotopic (exact) mass is 556 g/mol. The molecule has 0 aliphatic carbocycles. The zero-order valence-corrected chi connectivity index (χ0v) is 24.7. The molecule has 2 aromatic carbocycles. The minimum Gasteiger partial charge on any atom is -0.457 e. The van der Waals surface area contributed by atoms with E-state index in [2.05, 4.69) is 37.2 Å². The largest absolute Gasteiger partial charge is 0.457 e. The highest BCUT2D eigenvalue weighted by molar-refractivity contribution is 7.16. The van der Waals surface area contributed by atoms with Crippen molar-refractivity contribution in [1.82, 2.24) is 9.88 Å². The maximum Gasteiger partial charge on any atom is 0.138 e. The molecular weight excluding hydrogens is 514 g/mol. The third-order valence-electron chi connectivity index (χ3n) is 6.48. The van der Waals surface area contributed by atoms with E-state index < -0.39 is 5.91 Å². The van der Waals surface area contributed by atoms with Crippen molar-refractivity contribution in [3.8, 4) is 11.5 Å². The van der Waals surface area contributed by atoms with Gasteiger partial charge in [0.05, 0.1) is 11.4 Å². The van der Waals surface area contributed by atoms with Gasteiger partial charge in [0.25, 0.3) is 0 Å². The van der Waals surface area contributed by atoms with Gasteiger partial charge in [0.2, 0.25) is 0 Å². The Balaban J connectivity index is 0.000000407. The molecule has 10 heteroatoms. The van der Waals surface area contributed by atoms with Crippen molar-refractivity contribution >= 4 is 38.4 Å². The molecular formula is C29H42FN6O2P. The maximum absolute atomic E-state index is 13.6. The molecule has 0 bridgehead atoms. The number of ether oxygens (including phenoxy) is 1. The van der Waals surface area contributed by atoms with Gasteiger partial charge in [-0.1, -0.05) is 15.3 Å². The molecule has 1 saturated heterocycles. The number of aryl methyl sites for hydroxylation is 1. The van der Waals surface area contributed by atoms with Crippen molar-refractivity contribution in [2.45, 2.75) is 25.7 Å². The molecule has 212 valence electrons. The van der Waals surface area contributed by atoms with E-state index in [1.807, 2.05) is 49.2 Å². The molecule has 4 rings (SSSR count). The van der Waals surface area contributed by atoms with Crippen molar-refractivity contribution in [3.05, 3.63) is 65.9 Å². The highest BCUT2D eigenvalue weighted by Crippen LogP contribution is 2.36. The number of pyridine rings is 1. The van der Waals surface area contributed by atoms with E-state index >= 15 is 0 Å². The number of benzene rings is 2. The second-order valence-corrected chi connectivity index (χ2v) is 9.81. The molecule has 5 N–H and O–H groups in total. The lowest BCUT2D eigenvalue weighted by Gasteiger charge is -2.25. The summed E-state index contributed by atoms with van der Waals surface area (Å²) >= 11 is 0. The standard InChI is InChI=1S/C21H24FN4OP.C7H13NO.CH5N/c1-13-10-14(4-6-17(13)21(22)28)26(3)19-7-5-15(11-18(19)23)27-16-8-9-25-20(12-16)24-2;1-8-4-2-7(6-9)3-5-8;1-2/h4-12,21H,23,28H2,1-3H3,(H,24,25);6-7H,2-5H2,1H3;2H2,1H3. The number of hydrogen-bond donors (Lipinski definition) is 3. The van der Waals surface area contributed by atoms with Gasteiger partial charge in [-0.05, 0) is 88.4 Å². The number of alkyl halides is 1. The molecule has 3 aromatic rings. The smallest absolute Gasteiger partial charge is 0.138 e. The Labute approximate surface area is 234 Å². The summed E-state index contributed by atoms with van der Waals surface area (Å²) in [5.41, 5.74) is 14.7. The number of nitrogens with two attached hydrogens (primary N) is 2. The summed E-state index contributed by atoms with van der Waals surface area (Å²) in [6.45, 7) is 4.07. The van der Waals surface area contributed by atoms with Crippen molar-refractivity contribution in [3.63, 3.8) is 0 Å². The van der Waals surface area contributed by atoms with E-state index in [1.165, 1.54) is 7.05 Å². The minimum atomic E-state index is -1.07. The number of nitrogens with zero attached hydrogens (tertiary/aromatic N) is 3. The summed E-state index contributed by atoms with van der Waals surface area (Å²) in [5.74, 6) is 1.31. The predicted molar refractivity (Wildman–Crippen MR) is 164 cm³/mol. The maximum atomic E-state index is 13.6. The number of piperidine rings is 1. The molecule has 0 radical (unpaired) electrons. The van der Waals surface area contributed by atoms with Crippen LogP contribution in [-0.4, -0.2) is 57.5 Å². The Bertz CT molecular complexity index is 1190. The molecule has 1 aromatic heterocycles. The fraction of sp³-hybridized carbons (Fsp3) is 0.379. The van der Waals surface area contributed by atoms with Crippen LogP contribution in [0.4, 0.5) is 27.3 Å². The number of hydrogen-bond acceptors (Lipinski definition) is 8. The normalized spacial score (nSPS) is 14.2. The van der Waals surface area contributed by atoms with Crippen LogP contribution in [0.1, 0.15) is 29.9 Å².